The average Bonchev–Trinajstić information content (AvgIpc) is 2.65. The molecule has 29 heavy (non-hydrogen) atoms. The van der Waals surface area contributed by atoms with Gasteiger partial charge in [-0.25, -0.2) is 9.18 Å². The number of benzene rings is 3. The van der Waals surface area contributed by atoms with Crippen LogP contribution in [0.2, 0.25) is 5.02 Å². The number of halogens is 2. The molecule has 0 unspecified atom stereocenters. The first kappa shape index (κ1) is 20.1. The molecule has 0 saturated heterocycles. The first-order valence-corrected chi connectivity index (χ1v) is 10.9. The number of hydrogen-bond acceptors (Lipinski definition) is 4. The summed E-state index contributed by atoms with van der Waals surface area (Å²) in [6.45, 7) is 4.04. The van der Waals surface area contributed by atoms with Crippen molar-refractivity contribution >= 4 is 46.1 Å². The van der Waals surface area contributed by atoms with E-state index in [1.54, 1.807) is 12.1 Å². The highest BCUT2D eigenvalue weighted by Gasteiger charge is 2.18. The summed E-state index contributed by atoms with van der Waals surface area (Å²) >= 11 is 8.96. The van der Waals surface area contributed by atoms with E-state index in [1.807, 2.05) is 44.2 Å². The highest BCUT2D eigenvalue weighted by molar-refractivity contribution is 8.02. The van der Waals surface area contributed by atoms with Gasteiger partial charge in [0.25, 0.3) is 0 Å². The topological polar surface area (TPSA) is 30.2 Å². The molecule has 3 aromatic carbocycles. The normalized spacial score (nSPS) is 11.2. The first-order valence-electron chi connectivity index (χ1n) is 8.85. The fourth-order valence-corrected chi connectivity index (χ4v) is 5.62. The molecule has 6 heteroatoms. The van der Waals surface area contributed by atoms with Crippen LogP contribution in [0.4, 0.5) is 4.39 Å². The predicted octanol–water partition coefficient (Wildman–Crippen LogP) is 7.50. The Balaban J connectivity index is 1.90. The van der Waals surface area contributed by atoms with Crippen molar-refractivity contribution < 1.29 is 8.81 Å². The third-order valence-corrected chi connectivity index (χ3v) is 7.05. The van der Waals surface area contributed by atoms with Crippen LogP contribution in [0, 0.1) is 19.7 Å². The van der Waals surface area contributed by atoms with Crippen LogP contribution in [0.15, 0.2) is 89.5 Å². The third-order valence-electron chi connectivity index (χ3n) is 4.25. The van der Waals surface area contributed by atoms with Gasteiger partial charge < -0.3 is 4.42 Å². The van der Waals surface area contributed by atoms with E-state index in [-0.39, 0.29) is 0 Å². The van der Waals surface area contributed by atoms with Gasteiger partial charge >= 0.3 is 5.63 Å². The lowest BCUT2D eigenvalue weighted by atomic mass is 10.2. The van der Waals surface area contributed by atoms with Gasteiger partial charge in [-0.15, -0.1) is 0 Å². The molecule has 0 spiro atoms. The van der Waals surface area contributed by atoms with Crippen LogP contribution in [0.1, 0.15) is 11.1 Å². The lowest BCUT2D eigenvalue weighted by Gasteiger charge is -2.12. The Bertz CT molecular complexity index is 1260. The van der Waals surface area contributed by atoms with Crippen LogP contribution in [0.25, 0.3) is 11.0 Å². The van der Waals surface area contributed by atoms with Crippen molar-refractivity contribution in [2.75, 3.05) is 0 Å². The summed E-state index contributed by atoms with van der Waals surface area (Å²) in [5.74, 6) is -0.401. The maximum atomic E-state index is 13.5. The molecule has 4 rings (SSSR count). The van der Waals surface area contributed by atoms with Crippen molar-refractivity contribution in [1.82, 2.24) is 0 Å². The van der Waals surface area contributed by atoms with E-state index in [9.17, 15) is 9.18 Å². The standard InChI is InChI=1S/C23H16ClFO2S2/c1-13-9-14(2)11-16(10-13)28-22-21(29-20-8-7-15(25)12-18(20)24)17-5-3-4-6-19(17)27-23(22)26/h3-12H,1-2H3. The van der Waals surface area contributed by atoms with Crippen molar-refractivity contribution in [2.24, 2.45) is 0 Å². The van der Waals surface area contributed by atoms with E-state index >= 15 is 0 Å². The maximum Gasteiger partial charge on any atom is 0.351 e. The molecule has 0 aliphatic heterocycles. The molecule has 4 aromatic rings. The summed E-state index contributed by atoms with van der Waals surface area (Å²) in [5, 5.41) is 1.11. The molecule has 1 heterocycles. The highest BCUT2D eigenvalue weighted by Crippen LogP contribution is 2.43. The quantitative estimate of drug-likeness (QED) is 0.306. The summed E-state index contributed by atoms with van der Waals surface area (Å²) < 4.78 is 19.1. The van der Waals surface area contributed by atoms with Gasteiger partial charge in [0.15, 0.2) is 0 Å². The molecular formula is C23H16ClFO2S2. The van der Waals surface area contributed by atoms with E-state index in [4.69, 9.17) is 16.0 Å². The van der Waals surface area contributed by atoms with Crippen LogP contribution in [-0.2, 0) is 0 Å². The minimum absolute atomic E-state index is 0.301. The Morgan fingerprint density at radius 3 is 2.34 bits per heavy atom. The van der Waals surface area contributed by atoms with Crippen LogP contribution in [-0.4, -0.2) is 0 Å². The molecule has 0 aliphatic carbocycles. The van der Waals surface area contributed by atoms with Crippen LogP contribution < -0.4 is 5.63 Å². The molecule has 0 saturated carbocycles. The summed E-state index contributed by atoms with van der Waals surface area (Å²) in [5.41, 5.74) is 2.33. The van der Waals surface area contributed by atoms with Gasteiger partial charge in [-0.3, -0.25) is 0 Å². The molecule has 0 amide bonds. The van der Waals surface area contributed by atoms with Gasteiger partial charge in [-0.05, 0) is 61.4 Å². The maximum absolute atomic E-state index is 13.5. The van der Waals surface area contributed by atoms with Gasteiger partial charge in [0.05, 0.1) is 5.02 Å². The molecule has 0 bridgehead atoms. The molecule has 0 aliphatic rings. The van der Waals surface area contributed by atoms with E-state index in [1.165, 1.54) is 35.7 Å². The Morgan fingerprint density at radius 1 is 0.897 bits per heavy atom. The van der Waals surface area contributed by atoms with E-state index in [0.29, 0.717) is 20.4 Å². The Labute approximate surface area is 181 Å². The van der Waals surface area contributed by atoms with Crippen LogP contribution in [0.3, 0.4) is 0 Å². The van der Waals surface area contributed by atoms with Gasteiger partial charge in [-0.2, -0.15) is 0 Å². The molecule has 0 N–H and O–H groups in total. The van der Waals surface area contributed by atoms with E-state index < -0.39 is 11.4 Å². The summed E-state index contributed by atoms with van der Waals surface area (Å²) in [6, 6.07) is 17.8. The summed E-state index contributed by atoms with van der Waals surface area (Å²) in [6.07, 6.45) is 0. The Hall–Kier alpha value is -2.21. The molecule has 0 atom stereocenters. The molecule has 146 valence electrons. The molecule has 1 aromatic heterocycles. The molecule has 2 nitrogen and oxygen atoms in total. The number of hydrogen-bond donors (Lipinski definition) is 0. The zero-order valence-electron chi connectivity index (χ0n) is 15.7. The largest absolute Gasteiger partial charge is 0.422 e. The van der Waals surface area contributed by atoms with E-state index in [2.05, 4.69) is 6.07 Å². The Kier molecular flexibility index (Phi) is 5.72. The minimum Gasteiger partial charge on any atom is -0.422 e. The monoisotopic (exact) mass is 442 g/mol. The number of rotatable bonds is 4. The summed E-state index contributed by atoms with van der Waals surface area (Å²) in [7, 11) is 0. The number of para-hydroxylation sites is 1. The zero-order chi connectivity index (χ0) is 20.5. The van der Waals surface area contributed by atoms with Crippen molar-refractivity contribution in [3.8, 4) is 0 Å². The lowest BCUT2D eigenvalue weighted by molar-refractivity contribution is 0.537. The third kappa shape index (κ3) is 4.37. The van der Waals surface area contributed by atoms with Crippen LogP contribution >= 0.6 is 35.1 Å². The fraction of sp³-hybridized carbons (Fsp3) is 0.0870. The van der Waals surface area contributed by atoms with Crippen molar-refractivity contribution in [3.63, 3.8) is 0 Å². The van der Waals surface area contributed by atoms with Crippen LogP contribution in [0.5, 0.6) is 0 Å². The predicted molar refractivity (Wildman–Crippen MR) is 118 cm³/mol. The van der Waals surface area contributed by atoms with Gasteiger partial charge in [0, 0.05) is 20.1 Å². The Morgan fingerprint density at radius 2 is 1.62 bits per heavy atom. The fourth-order valence-electron chi connectivity index (χ4n) is 3.07. The minimum atomic E-state index is -0.409. The SMILES string of the molecule is Cc1cc(C)cc(Sc2c(Sc3ccc(F)cc3Cl)c3ccccc3oc2=O)c1. The molecule has 0 fully saturated rings. The first-order chi connectivity index (χ1) is 13.9. The molecular weight excluding hydrogens is 427 g/mol. The van der Waals surface area contributed by atoms with Crippen molar-refractivity contribution in [2.45, 2.75) is 33.4 Å². The average molecular weight is 443 g/mol. The van der Waals surface area contributed by atoms with Gasteiger partial charge in [-0.1, -0.05) is 59.4 Å². The smallest absolute Gasteiger partial charge is 0.351 e. The molecule has 0 radical (unpaired) electrons. The van der Waals surface area contributed by atoms with Gasteiger partial charge in [0.2, 0.25) is 0 Å². The van der Waals surface area contributed by atoms with E-state index in [0.717, 1.165) is 26.3 Å². The highest BCUT2D eigenvalue weighted by atomic mass is 35.5. The van der Waals surface area contributed by atoms with Gasteiger partial charge in [0.1, 0.15) is 16.3 Å². The lowest BCUT2D eigenvalue weighted by Crippen LogP contribution is -2.04. The zero-order valence-corrected chi connectivity index (χ0v) is 18.1. The van der Waals surface area contributed by atoms with Crippen molar-refractivity contribution in [3.05, 3.63) is 93.1 Å². The van der Waals surface area contributed by atoms with Crippen molar-refractivity contribution in [1.29, 1.82) is 0 Å². The number of fused-ring (bicyclic) bond motifs is 1. The second kappa shape index (κ2) is 8.27. The second-order valence-corrected chi connectivity index (χ2v) is 9.19. The number of aryl methyl sites for hydroxylation is 2. The second-order valence-electron chi connectivity index (χ2n) is 6.65. The summed E-state index contributed by atoms with van der Waals surface area (Å²) in [4.78, 5) is 15.7.